The lowest BCUT2D eigenvalue weighted by atomic mass is 9.97. The molecule has 7 heteroatoms. The summed E-state index contributed by atoms with van der Waals surface area (Å²) in [6.45, 7) is 3.33. The molecule has 19 heavy (non-hydrogen) atoms. The molecule has 0 saturated heterocycles. The SMILES string of the molecule is CCC(C)(CCO)NS(=O)(=O)c1cc(F)ccc1N. The Hall–Kier alpha value is -1.18. The van der Waals surface area contributed by atoms with Crippen LogP contribution in [0.5, 0.6) is 0 Å². The van der Waals surface area contributed by atoms with Gasteiger partial charge in [-0.05, 0) is 38.0 Å². The maximum Gasteiger partial charge on any atom is 0.243 e. The van der Waals surface area contributed by atoms with Gasteiger partial charge in [-0.15, -0.1) is 0 Å². The molecule has 0 aliphatic heterocycles. The molecule has 0 aromatic heterocycles. The van der Waals surface area contributed by atoms with Crippen molar-refractivity contribution in [1.29, 1.82) is 0 Å². The Morgan fingerprint density at radius 2 is 2.11 bits per heavy atom. The summed E-state index contributed by atoms with van der Waals surface area (Å²) in [5, 5.41) is 8.98. The molecule has 1 unspecified atom stereocenters. The van der Waals surface area contributed by atoms with Crippen molar-refractivity contribution in [3.63, 3.8) is 0 Å². The van der Waals surface area contributed by atoms with Gasteiger partial charge in [0.05, 0.1) is 5.69 Å². The molecule has 1 aromatic carbocycles. The van der Waals surface area contributed by atoms with Crippen LogP contribution in [0.2, 0.25) is 0 Å². The maximum atomic E-state index is 13.2. The van der Waals surface area contributed by atoms with Crippen molar-refractivity contribution in [2.45, 2.75) is 37.1 Å². The first-order valence-corrected chi connectivity index (χ1v) is 7.42. The Morgan fingerprint density at radius 1 is 1.47 bits per heavy atom. The van der Waals surface area contributed by atoms with Crippen LogP contribution in [0, 0.1) is 5.82 Å². The molecule has 1 atom stereocenters. The van der Waals surface area contributed by atoms with E-state index in [1.54, 1.807) is 13.8 Å². The van der Waals surface area contributed by atoms with E-state index in [9.17, 15) is 12.8 Å². The molecular formula is C12H19FN2O3S. The van der Waals surface area contributed by atoms with E-state index in [1.165, 1.54) is 6.07 Å². The number of benzene rings is 1. The molecule has 0 aliphatic rings. The van der Waals surface area contributed by atoms with Gasteiger partial charge in [0.25, 0.3) is 0 Å². The van der Waals surface area contributed by atoms with Crippen LogP contribution in [0.25, 0.3) is 0 Å². The normalized spacial score (nSPS) is 15.2. The van der Waals surface area contributed by atoms with Gasteiger partial charge in [-0.2, -0.15) is 0 Å². The fourth-order valence-corrected chi connectivity index (χ4v) is 3.32. The number of hydrogen-bond donors (Lipinski definition) is 3. The van der Waals surface area contributed by atoms with Gasteiger partial charge in [0.15, 0.2) is 0 Å². The van der Waals surface area contributed by atoms with Crippen molar-refractivity contribution in [2.75, 3.05) is 12.3 Å². The van der Waals surface area contributed by atoms with Crippen LogP contribution >= 0.6 is 0 Å². The smallest absolute Gasteiger partial charge is 0.243 e. The van der Waals surface area contributed by atoms with E-state index in [0.717, 1.165) is 12.1 Å². The molecule has 0 saturated carbocycles. The van der Waals surface area contributed by atoms with Crippen molar-refractivity contribution < 1.29 is 17.9 Å². The minimum Gasteiger partial charge on any atom is -0.398 e. The largest absolute Gasteiger partial charge is 0.398 e. The maximum absolute atomic E-state index is 13.2. The second kappa shape index (κ2) is 5.85. The predicted molar refractivity (Wildman–Crippen MR) is 71.5 cm³/mol. The fourth-order valence-electron chi connectivity index (χ4n) is 1.67. The number of nitrogens with one attached hydrogen (secondary N) is 1. The first-order valence-electron chi connectivity index (χ1n) is 5.94. The molecule has 4 N–H and O–H groups in total. The summed E-state index contributed by atoms with van der Waals surface area (Å²) >= 11 is 0. The van der Waals surface area contributed by atoms with Crippen LogP contribution in [0.1, 0.15) is 26.7 Å². The number of sulfonamides is 1. The Morgan fingerprint density at radius 3 is 2.63 bits per heavy atom. The highest BCUT2D eigenvalue weighted by Crippen LogP contribution is 2.23. The number of hydrogen-bond acceptors (Lipinski definition) is 4. The molecule has 5 nitrogen and oxygen atoms in total. The molecule has 108 valence electrons. The minimum atomic E-state index is -3.93. The average molecular weight is 290 g/mol. The van der Waals surface area contributed by atoms with Gasteiger partial charge in [0.1, 0.15) is 10.7 Å². The summed E-state index contributed by atoms with van der Waals surface area (Å²) in [6.07, 6.45) is 0.750. The lowest BCUT2D eigenvalue weighted by Crippen LogP contribution is -2.46. The zero-order chi connectivity index (χ0) is 14.7. The first-order chi connectivity index (χ1) is 8.74. The third-order valence-corrected chi connectivity index (χ3v) is 4.78. The fraction of sp³-hybridized carbons (Fsp3) is 0.500. The van der Waals surface area contributed by atoms with E-state index in [0.29, 0.717) is 6.42 Å². The zero-order valence-electron chi connectivity index (χ0n) is 11.0. The molecule has 0 spiro atoms. The number of rotatable bonds is 6. The number of anilines is 1. The van der Waals surface area contributed by atoms with Crippen molar-refractivity contribution in [1.82, 2.24) is 4.72 Å². The van der Waals surface area contributed by atoms with Gasteiger partial charge in [0, 0.05) is 12.1 Å². The first kappa shape index (κ1) is 15.9. The molecule has 0 heterocycles. The van der Waals surface area contributed by atoms with Gasteiger partial charge in [0.2, 0.25) is 10.0 Å². The van der Waals surface area contributed by atoms with E-state index in [1.807, 2.05) is 0 Å². The van der Waals surface area contributed by atoms with Gasteiger partial charge in [-0.25, -0.2) is 17.5 Å². The third-order valence-electron chi connectivity index (χ3n) is 3.09. The number of nitrogens with two attached hydrogens (primary N) is 1. The van der Waals surface area contributed by atoms with Crippen LogP contribution in [-0.4, -0.2) is 25.7 Å². The number of aliphatic hydroxyl groups excluding tert-OH is 1. The Labute approximate surface area is 112 Å². The summed E-state index contributed by atoms with van der Waals surface area (Å²) in [4.78, 5) is -0.287. The summed E-state index contributed by atoms with van der Waals surface area (Å²) in [5.41, 5.74) is 4.76. The average Bonchev–Trinajstić information content (AvgIpc) is 2.31. The molecule has 0 amide bonds. The van der Waals surface area contributed by atoms with Crippen molar-refractivity contribution in [3.05, 3.63) is 24.0 Å². The number of nitrogen functional groups attached to an aromatic ring is 1. The van der Waals surface area contributed by atoms with E-state index < -0.39 is 21.4 Å². The summed E-state index contributed by atoms with van der Waals surface area (Å²) < 4.78 is 40.1. The molecule has 0 aliphatic carbocycles. The Kier molecular flexibility index (Phi) is 4.89. The van der Waals surface area contributed by atoms with Crippen molar-refractivity contribution >= 4 is 15.7 Å². The topological polar surface area (TPSA) is 92.4 Å². The lowest BCUT2D eigenvalue weighted by Gasteiger charge is -2.28. The number of aliphatic hydroxyl groups is 1. The summed E-state index contributed by atoms with van der Waals surface area (Å²) in [7, 11) is -3.93. The molecule has 0 radical (unpaired) electrons. The number of halogens is 1. The van der Waals surface area contributed by atoms with Gasteiger partial charge in [-0.3, -0.25) is 0 Å². The lowest BCUT2D eigenvalue weighted by molar-refractivity contribution is 0.233. The monoisotopic (exact) mass is 290 g/mol. The predicted octanol–water partition coefficient (Wildman–Crippen LogP) is 1.24. The molecular weight excluding hydrogens is 271 g/mol. The summed E-state index contributed by atoms with van der Waals surface area (Å²) in [6, 6.07) is 3.19. The second-order valence-electron chi connectivity index (χ2n) is 4.68. The van der Waals surface area contributed by atoms with Crippen LogP contribution in [-0.2, 0) is 10.0 Å². The Bertz CT molecular complexity index is 548. The molecule has 0 bridgehead atoms. The second-order valence-corrected chi connectivity index (χ2v) is 6.33. The highest BCUT2D eigenvalue weighted by atomic mass is 32.2. The molecule has 1 aromatic rings. The molecule has 1 rings (SSSR count). The van der Waals surface area contributed by atoms with E-state index in [-0.39, 0.29) is 23.6 Å². The Balaban J connectivity index is 3.14. The van der Waals surface area contributed by atoms with Crippen molar-refractivity contribution in [2.24, 2.45) is 0 Å². The van der Waals surface area contributed by atoms with E-state index in [4.69, 9.17) is 10.8 Å². The van der Waals surface area contributed by atoms with Crippen LogP contribution < -0.4 is 10.5 Å². The summed E-state index contributed by atoms with van der Waals surface area (Å²) in [5.74, 6) is -0.671. The standard InChI is InChI=1S/C12H19FN2O3S/c1-3-12(2,6-7-16)15-19(17,18)11-8-9(13)4-5-10(11)14/h4-5,8,15-16H,3,6-7,14H2,1-2H3. The van der Waals surface area contributed by atoms with Gasteiger partial charge in [-0.1, -0.05) is 6.92 Å². The zero-order valence-corrected chi connectivity index (χ0v) is 11.8. The van der Waals surface area contributed by atoms with Gasteiger partial charge >= 0.3 is 0 Å². The highest BCUT2D eigenvalue weighted by molar-refractivity contribution is 7.89. The minimum absolute atomic E-state index is 0.0173. The van der Waals surface area contributed by atoms with E-state index in [2.05, 4.69) is 4.72 Å². The van der Waals surface area contributed by atoms with Crippen LogP contribution in [0.15, 0.2) is 23.1 Å². The third kappa shape index (κ3) is 3.89. The van der Waals surface area contributed by atoms with Gasteiger partial charge < -0.3 is 10.8 Å². The van der Waals surface area contributed by atoms with E-state index >= 15 is 0 Å². The van der Waals surface area contributed by atoms with Crippen molar-refractivity contribution in [3.8, 4) is 0 Å². The molecule has 0 fully saturated rings. The van der Waals surface area contributed by atoms with Crippen LogP contribution in [0.4, 0.5) is 10.1 Å². The quantitative estimate of drug-likeness (QED) is 0.687. The highest BCUT2D eigenvalue weighted by Gasteiger charge is 2.29. The van der Waals surface area contributed by atoms with Crippen LogP contribution in [0.3, 0.4) is 0 Å².